The first kappa shape index (κ1) is 32.1. The van der Waals surface area contributed by atoms with Gasteiger partial charge >= 0.3 is 6.03 Å². The van der Waals surface area contributed by atoms with Crippen molar-refractivity contribution in [2.24, 2.45) is 9.98 Å². The van der Waals surface area contributed by atoms with E-state index in [0.29, 0.717) is 44.8 Å². The third-order valence-corrected chi connectivity index (χ3v) is 6.30. The van der Waals surface area contributed by atoms with Gasteiger partial charge in [-0.3, -0.25) is 14.9 Å². The number of carbonyl (C=O) groups is 1. The average molecular weight is 546 g/mol. The number of allylic oxidation sites excluding steroid dienone is 8. The Hall–Kier alpha value is -3.11. The number of alkyl halides is 1. The first-order valence-electron chi connectivity index (χ1n) is 13.7. The monoisotopic (exact) mass is 545 g/mol. The third kappa shape index (κ3) is 12.1. The van der Waals surface area contributed by atoms with Crippen LogP contribution in [0.2, 0.25) is 0 Å². The molecule has 0 spiro atoms. The number of aliphatic imine (C=N–C) groups is 2. The number of urea groups is 1. The molecule has 2 N–H and O–H groups in total. The summed E-state index contributed by atoms with van der Waals surface area (Å²) in [6.07, 6.45) is 11.9. The van der Waals surface area contributed by atoms with Crippen molar-refractivity contribution in [2.45, 2.75) is 39.2 Å². The van der Waals surface area contributed by atoms with E-state index in [1.165, 1.54) is 6.08 Å². The van der Waals surface area contributed by atoms with Gasteiger partial charge in [0.15, 0.2) is 0 Å². The normalized spacial score (nSPS) is 21.9. The van der Waals surface area contributed by atoms with Gasteiger partial charge in [-0.2, -0.15) is 0 Å². The molecule has 1 atom stereocenters. The van der Waals surface area contributed by atoms with E-state index in [9.17, 15) is 13.6 Å². The van der Waals surface area contributed by atoms with E-state index in [2.05, 4.69) is 54.1 Å². The number of amidine groups is 2. The zero-order chi connectivity index (χ0) is 28.6. The van der Waals surface area contributed by atoms with Crippen LogP contribution in [-0.4, -0.2) is 105 Å². The lowest BCUT2D eigenvalue weighted by atomic mass is 10.1. The Balaban J connectivity index is 2.01. The molecule has 1 fully saturated rings. The number of nitrogens with zero attached hydrogens (tertiary/aromatic N) is 5. The Morgan fingerprint density at radius 3 is 2.67 bits per heavy atom. The van der Waals surface area contributed by atoms with Gasteiger partial charge in [-0.15, -0.1) is 0 Å². The van der Waals surface area contributed by atoms with E-state index >= 15 is 0 Å². The molecular formula is C29H45F2N7O. The highest BCUT2D eigenvalue weighted by Gasteiger charge is 2.24. The smallest absolute Gasteiger partial charge is 0.321 e. The number of nitrogens with one attached hydrogen (secondary N) is 2. The van der Waals surface area contributed by atoms with Crippen LogP contribution in [0.1, 0.15) is 33.1 Å². The molecule has 0 aromatic carbocycles. The number of rotatable bonds is 12. The van der Waals surface area contributed by atoms with Crippen LogP contribution >= 0.6 is 0 Å². The first-order chi connectivity index (χ1) is 18.7. The summed E-state index contributed by atoms with van der Waals surface area (Å²) in [5, 5.41) is 6.26. The van der Waals surface area contributed by atoms with Crippen molar-refractivity contribution >= 4 is 17.7 Å². The summed E-state index contributed by atoms with van der Waals surface area (Å²) < 4.78 is 26.0. The number of amides is 2. The maximum atomic E-state index is 13.6. The molecule has 2 aliphatic heterocycles. The van der Waals surface area contributed by atoms with Crippen molar-refractivity contribution in [1.29, 1.82) is 0 Å². The summed E-state index contributed by atoms with van der Waals surface area (Å²) in [4.78, 5) is 28.7. The molecule has 216 valence electrons. The fraction of sp³-hybridized carbons (Fsp3) is 0.552. The van der Waals surface area contributed by atoms with E-state index in [1.807, 2.05) is 19.1 Å². The van der Waals surface area contributed by atoms with Crippen LogP contribution in [0.25, 0.3) is 0 Å². The van der Waals surface area contributed by atoms with Crippen molar-refractivity contribution in [1.82, 2.24) is 25.3 Å². The van der Waals surface area contributed by atoms with Gasteiger partial charge in [0, 0.05) is 38.4 Å². The molecule has 0 aromatic rings. The topological polar surface area (TPSA) is 75.6 Å². The molecule has 2 amide bonds. The molecule has 1 saturated heterocycles. The largest absolute Gasteiger partial charge is 0.328 e. The highest BCUT2D eigenvalue weighted by molar-refractivity contribution is 6.10. The fourth-order valence-electron chi connectivity index (χ4n) is 4.24. The molecule has 39 heavy (non-hydrogen) atoms. The molecule has 0 aromatic heterocycles. The Kier molecular flexibility index (Phi) is 14.4. The summed E-state index contributed by atoms with van der Waals surface area (Å²) in [6, 6.07) is -0.174. The minimum absolute atomic E-state index is 0.100. The van der Waals surface area contributed by atoms with Gasteiger partial charge in [-0.25, -0.2) is 13.6 Å². The lowest BCUT2D eigenvalue weighted by molar-refractivity contribution is 0.150. The second-order valence-electron chi connectivity index (χ2n) is 9.91. The summed E-state index contributed by atoms with van der Waals surface area (Å²) >= 11 is 0. The van der Waals surface area contributed by atoms with Crippen LogP contribution in [0.15, 0.2) is 70.1 Å². The Morgan fingerprint density at radius 1 is 1.28 bits per heavy atom. The molecule has 2 rings (SSSR count). The molecule has 0 bridgehead atoms. The average Bonchev–Trinajstić information content (AvgIpc) is 3.04. The quantitative estimate of drug-likeness (QED) is 0.284. The first-order valence-corrected chi connectivity index (χ1v) is 13.7. The molecule has 10 heteroatoms. The number of halogens is 2. The number of piperazine rings is 1. The number of hydrogen-bond donors (Lipinski definition) is 2. The summed E-state index contributed by atoms with van der Waals surface area (Å²) in [7, 11) is 4.12. The molecular weight excluding hydrogens is 500 g/mol. The lowest BCUT2D eigenvalue weighted by Gasteiger charge is -2.35. The van der Waals surface area contributed by atoms with Gasteiger partial charge in [0.05, 0.1) is 12.6 Å². The van der Waals surface area contributed by atoms with Crippen LogP contribution in [0.5, 0.6) is 0 Å². The van der Waals surface area contributed by atoms with Crippen molar-refractivity contribution < 1.29 is 13.6 Å². The third-order valence-electron chi connectivity index (χ3n) is 6.30. The summed E-state index contributed by atoms with van der Waals surface area (Å²) in [6.45, 7) is 11.5. The molecule has 0 saturated carbocycles. The predicted octanol–water partition coefficient (Wildman–Crippen LogP) is 4.23. The van der Waals surface area contributed by atoms with E-state index < -0.39 is 12.5 Å². The second-order valence-corrected chi connectivity index (χ2v) is 9.91. The van der Waals surface area contributed by atoms with E-state index in [1.54, 1.807) is 11.0 Å². The molecule has 8 nitrogen and oxygen atoms in total. The van der Waals surface area contributed by atoms with Crippen molar-refractivity contribution in [3.63, 3.8) is 0 Å². The van der Waals surface area contributed by atoms with Gasteiger partial charge in [0.1, 0.15) is 24.2 Å². The molecule has 0 aliphatic carbocycles. The lowest BCUT2D eigenvalue weighted by Crippen LogP contribution is -2.53. The Labute approximate surface area is 232 Å². The molecule has 1 unspecified atom stereocenters. The highest BCUT2D eigenvalue weighted by Crippen LogP contribution is 2.15. The molecule has 2 aliphatic rings. The van der Waals surface area contributed by atoms with E-state index in [-0.39, 0.29) is 12.1 Å². The summed E-state index contributed by atoms with van der Waals surface area (Å²) in [5.74, 6) is 1.03. The minimum atomic E-state index is -0.887. The van der Waals surface area contributed by atoms with Crippen molar-refractivity contribution in [2.75, 3.05) is 66.6 Å². The predicted molar refractivity (Wildman–Crippen MR) is 158 cm³/mol. The molecule has 2 heterocycles. The van der Waals surface area contributed by atoms with Crippen LogP contribution < -0.4 is 10.6 Å². The van der Waals surface area contributed by atoms with Gasteiger partial charge in [-0.1, -0.05) is 37.8 Å². The Bertz CT molecular complexity index is 990. The van der Waals surface area contributed by atoms with Crippen LogP contribution in [0, 0.1) is 0 Å². The SMILES string of the molecule is C=C/C=C\C=C1/CC(C)N=C(CN2CCN(C(=O)N/C(=C/C(F)=C\CF)CC)CC2)NC1=NCCCN(C)C. The van der Waals surface area contributed by atoms with E-state index in [4.69, 9.17) is 9.98 Å². The Morgan fingerprint density at radius 2 is 2.03 bits per heavy atom. The highest BCUT2D eigenvalue weighted by atomic mass is 19.1. The molecule has 0 radical (unpaired) electrons. The van der Waals surface area contributed by atoms with Crippen molar-refractivity contribution in [3.8, 4) is 0 Å². The van der Waals surface area contributed by atoms with Gasteiger partial charge in [0.25, 0.3) is 0 Å². The summed E-state index contributed by atoms with van der Waals surface area (Å²) in [5.41, 5.74) is 1.53. The standard InChI is InChI=1S/C29H45F2N7O/c1-6-8-9-11-24-20-23(3)33-27(35-28(24)32-14-10-15-36(4)5)22-37-16-18-38(19-17-37)29(39)34-26(7-2)21-25(31)12-13-30/h6,8-9,11-12,21,23H,1,7,10,13-20,22H2,2-5H3,(H,34,39)(H,32,33,35)/b9-8-,24-11+,25-12+,26-21+. The van der Waals surface area contributed by atoms with Crippen LogP contribution in [-0.2, 0) is 0 Å². The van der Waals surface area contributed by atoms with Gasteiger partial charge < -0.3 is 20.4 Å². The maximum absolute atomic E-state index is 13.6. The minimum Gasteiger partial charge on any atom is -0.328 e. The second kappa shape index (κ2) is 17.5. The van der Waals surface area contributed by atoms with E-state index in [0.717, 1.165) is 49.3 Å². The van der Waals surface area contributed by atoms with Gasteiger partial charge in [-0.05, 0) is 64.6 Å². The fourth-order valence-corrected chi connectivity index (χ4v) is 4.24. The van der Waals surface area contributed by atoms with Crippen LogP contribution in [0.3, 0.4) is 0 Å². The van der Waals surface area contributed by atoms with Crippen LogP contribution in [0.4, 0.5) is 13.6 Å². The van der Waals surface area contributed by atoms with Crippen molar-refractivity contribution in [3.05, 3.63) is 60.1 Å². The van der Waals surface area contributed by atoms with Gasteiger partial charge in [0.2, 0.25) is 0 Å². The zero-order valence-corrected chi connectivity index (χ0v) is 23.9. The zero-order valence-electron chi connectivity index (χ0n) is 23.9. The number of carbonyl (C=O) groups excluding carboxylic acids is 1. The maximum Gasteiger partial charge on any atom is 0.321 e. The number of hydrogen-bond acceptors (Lipinski definition) is 5.